The molecular formula is C15H11F3N4O4. The summed E-state index contributed by atoms with van der Waals surface area (Å²) in [5.41, 5.74) is -1.62. The molecule has 0 spiro atoms. The monoisotopic (exact) mass is 368 g/mol. The first-order valence-corrected chi connectivity index (χ1v) is 7.14. The van der Waals surface area contributed by atoms with E-state index in [-0.39, 0.29) is 28.7 Å². The zero-order chi connectivity index (χ0) is 19.1. The summed E-state index contributed by atoms with van der Waals surface area (Å²) in [6.45, 7) is 0. The summed E-state index contributed by atoms with van der Waals surface area (Å²) in [7, 11) is 2.67. The van der Waals surface area contributed by atoms with Gasteiger partial charge in [0.05, 0.1) is 20.3 Å². The number of fused-ring (bicyclic) bond motifs is 1. The number of hydrogen-bond donors (Lipinski definition) is 1. The van der Waals surface area contributed by atoms with E-state index < -0.39 is 29.6 Å². The number of pyridine rings is 1. The number of carbonyl (C=O) groups excluding carboxylic acids is 2. The molecule has 0 aliphatic carbocycles. The number of aromatic nitrogens is 3. The Balaban J connectivity index is 2.17. The van der Waals surface area contributed by atoms with Gasteiger partial charge in [-0.3, -0.25) is 19.9 Å². The molecule has 0 radical (unpaired) electrons. The summed E-state index contributed by atoms with van der Waals surface area (Å²) in [6, 6.07) is 1.95. The van der Waals surface area contributed by atoms with Gasteiger partial charge in [0.15, 0.2) is 5.82 Å². The second-order valence-electron chi connectivity index (χ2n) is 5.22. The quantitative estimate of drug-likeness (QED) is 0.815. The Morgan fingerprint density at radius 1 is 1.08 bits per heavy atom. The van der Waals surface area contributed by atoms with Crippen LogP contribution in [-0.2, 0) is 11.0 Å². The van der Waals surface area contributed by atoms with E-state index in [9.17, 15) is 22.8 Å². The molecule has 1 N–H and O–H groups in total. The summed E-state index contributed by atoms with van der Waals surface area (Å²) < 4.78 is 48.6. The highest BCUT2D eigenvalue weighted by molar-refractivity contribution is 6.12. The van der Waals surface area contributed by atoms with E-state index in [1.807, 2.05) is 5.32 Å². The molecule has 0 aromatic carbocycles. The molecule has 0 saturated heterocycles. The van der Waals surface area contributed by atoms with Crippen LogP contribution in [0.4, 0.5) is 13.2 Å². The predicted molar refractivity (Wildman–Crippen MR) is 78.7 cm³/mol. The normalized spacial score (nSPS) is 16.7. The van der Waals surface area contributed by atoms with Gasteiger partial charge in [0.1, 0.15) is 11.6 Å². The smallest absolute Gasteiger partial charge is 0.433 e. The lowest BCUT2D eigenvalue weighted by Crippen LogP contribution is -2.41. The topological polar surface area (TPSA) is 103 Å². The van der Waals surface area contributed by atoms with Gasteiger partial charge in [0, 0.05) is 17.3 Å². The van der Waals surface area contributed by atoms with Gasteiger partial charge < -0.3 is 9.47 Å². The predicted octanol–water partition coefficient (Wildman–Crippen LogP) is 1.31. The summed E-state index contributed by atoms with van der Waals surface area (Å²) in [5, 5.41) is 2.00. The Bertz CT molecular complexity index is 879. The van der Waals surface area contributed by atoms with E-state index in [0.29, 0.717) is 6.07 Å². The van der Waals surface area contributed by atoms with Crippen molar-refractivity contribution in [2.24, 2.45) is 0 Å². The highest BCUT2D eigenvalue weighted by atomic mass is 19.4. The minimum absolute atomic E-state index is 0.0398. The van der Waals surface area contributed by atoms with Gasteiger partial charge in [-0.05, 0) is 6.07 Å². The highest BCUT2D eigenvalue weighted by Crippen LogP contribution is 2.34. The molecule has 1 atom stereocenters. The summed E-state index contributed by atoms with van der Waals surface area (Å²) in [6.07, 6.45) is -3.91. The van der Waals surface area contributed by atoms with E-state index in [1.54, 1.807) is 0 Å². The largest absolute Gasteiger partial charge is 0.481 e. The van der Waals surface area contributed by atoms with Gasteiger partial charge in [-0.25, -0.2) is 0 Å². The van der Waals surface area contributed by atoms with Crippen LogP contribution in [-0.4, -0.2) is 41.0 Å². The first-order valence-electron chi connectivity index (χ1n) is 7.14. The van der Waals surface area contributed by atoms with Crippen molar-refractivity contribution >= 4 is 11.8 Å². The molecule has 0 fully saturated rings. The molecule has 2 aromatic rings. The number of nitrogens with one attached hydrogen (secondary N) is 1. The number of nitrogens with zero attached hydrogens (tertiary/aromatic N) is 3. The minimum Gasteiger partial charge on any atom is -0.481 e. The molecule has 3 rings (SSSR count). The Morgan fingerprint density at radius 2 is 1.69 bits per heavy atom. The summed E-state index contributed by atoms with van der Waals surface area (Å²) >= 11 is 0. The van der Waals surface area contributed by atoms with Crippen molar-refractivity contribution < 1.29 is 32.2 Å². The Morgan fingerprint density at radius 3 is 2.23 bits per heavy atom. The maximum Gasteiger partial charge on any atom is 0.433 e. The van der Waals surface area contributed by atoms with Crippen LogP contribution in [0, 0.1) is 0 Å². The molecule has 26 heavy (non-hydrogen) atoms. The second-order valence-corrected chi connectivity index (χ2v) is 5.22. The van der Waals surface area contributed by atoms with Gasteiger partial charge in [-0.15, -0.1) is 0 Å². The summed E-state index contributed by atoms with van der Waals surface area (Å²) in [5.74, 6) is -2.94. The van der Waals surface area contributed by atoms with Crippen LogP contribution in [0.2, 0.25) is 0 Å². The zero-order valence-electron chi connectivity index (χ0n) is 13.4. The molecule has 8 nitrogen and oxygen atoms in total. The van der Waals surface area contributed by atoms with Crippen molar-refractivity contribution in [1.82, 2.24) is 20.3 Å². The SMILES string of the molecule is COc1cc(OC)nc(C2C(=O)NC(=O)c3cc(C(F)(F)F)ncc32)n1. The van der Waals surface area contributed by atoms with Gasteiger partial charge in [0.2, 0.25) is 17.7 Å². The van der Waals surface area contributed by atoms with Crippen LogP contribution in [0.15, 0.2) is 18.3 Å². The van der Waals surface area contributed by atoms with E-state index in [1.165, 1.54) is 20.3 Å². The van der Waals surface area contributed by atoms with Crippen LogP contribution < -0.4 is 14.8 Å². The highest BCUT2D eigenvalue weighted by Gasteiger charge is 2.40. The standard InChI is InChI=1S/C15H11F3N4O4/c1-25-9-4-10(26-2)21-12(20-9)11-7-5-19-8(15(16,17)18)3-6(7)13(23)22-14(11)24/h3-5,11H,1-2H3,(H,22,23,24). The Labute approximate surface area is 144 Å². The lowest BCUT2D eigenvalue weighted by Gasteiger charge is -2.24. The first kappa shape index (κ1) is 17.6. The third-order valence-electron chi connectivity index (χ3n) is 3.65. The number of amides is 2. The number of methoxy groups -OCH3 is 2. The van der Waals surface area contributed by atoms with E-state index >= 15 is 0 Å². The number of halogens is 3. The van der Waals surface area contributed by atoms with Crippen molar-refractivity contribution in [3.05, 3.63) is 41.0 Å². The maximum absolute atomic E-state index is 12.9. The van der Waals surface area contributed by atoms with Gasteiger partial charge in [-0.1, -0.05) is 0 Å². The molecule has 0 saturated carbocycles. The van der Waals surface area contributed by atoms with E-state index in [4.69, 9.17) is 9.47 Å². The first-order chi connectivity index (χ1) is 12.2. The van der Waals surface area contributed by atoms with Crippen molar-refractivity contribution in [3.63, 3.8) is 0 Å². The lowest BCUT2D eigenvalue weighted by molar-refractivity contribution is -0.141. The van der Waals surface area contributed by atoms with Gasteiger partial charge >= 0.3 is 6.18 Å². The third-order valence-corrected chi connectivity index (χ3v) is 3.65. The number of ether oxygens (including phenoxy) is 2. The van der Waals surface area contributed by atoms with E-state index in [2.05, 4.69) is 15.0 Å². The average Bonchev–Trinajstić information content (AvgIpc) is 2.60. The zero-order valence-corrected chi connectivity index (χ0v) is 13.4. The number of alkyl halides is 3. The molecular weight excluding hydrogens is 357 g/mol. The summed E-state index contributed by atoms with van der Waals surface area (Å²) in [4.78, 5) is 35.7. The van der Waals surface area contributed by atoms with Gasteiger partial charge in [0.25, 0.3) is 5.91 Å². The fourth-order valence-corrected chi connectivity index (χ4v) is 2.46. The molecule has 2 aromatic heterocycles. The van der Waals surface area contributed by atoms with E-state index in [0.717, 1.165) is 6.20 Å². The lowest BCUT2D eigenvalue weighted by atomic mass is 9.90. The van der Waals surface area contributed by atoms with Crippen LogP contribution in [0.5, 0.6) is 11.8 Å². The number of imide groups is 1. The van der Waals surface area contributed by atoms with Crippen molar-refractivity contribution in [2.75, 3.05) is 14.2 Å². The van der Waals surface area contributed by atoms with Crippen molar-refractivity contribution in [1.29, 1.82) is 0 Å². The fourth-order valence-electron chi connectivity index (χ4n) is 2.46. The second kappa shape index (κ2) is 6.24. The molecule has 0 bridgehead atoms. The number of hydrogen-bond acceptors (Lipinski definition) is 7. The van der Waals surface area contributed by atoms with Gasteiger partial charge in [-0.2, -0.15) is 23.1 Å². The van der Waals surface area contributed by atoms with Crippen LogP contribution in [0.25, 0.3) is 0 Å². The molecule has 11 heteroatoms. The maximum atomic E-state index is 12.9. The third kappa shape index (κ3) is 3.03. The Kier molecular flexibility index (Phi) is 4.22. The molecule has 1 aliphatic rings. The Hall–Kier alpha value is -3.24. The molecule has 136 valence electrons. The number of rotatable bonds is 3. The van der Waals surface area contributed by atoms with Crippen molar-refractivity contribution in [2.45, 2.75) is 12.1 Å². The molecule has 1 unspecified atom stereocenters. The van der Waals surface area contributed by atoms with Crippen LogP contribution >= 0.6 is 0 Å². The average molecular weight is 368 g/mol. The fraction of sp³-hybridized carbons (Fsp3) is 0.267. The molecule has 3 heterocycles. The van der Waals surface area contributed by atoms with Crippen molar-refractivity contribution in [3.8, 4) is 11.8 Å². The number of carbonyl (C=O) groups is 2. The molecule has 2 amide bonds. The van der Waals surface area contributed by atoms with Crippen LogP contribution in [0.1, 0.15) is 33.4 Å². The minimum atomic E-state index is -4.73. The molecule has 1 aliphatic heterocycles. The van der Waals surface area contributed by atoms with Crippen LogP contribution in [0.3, 0.4) is 0 Å².